The van der Waals surface area contributed by atoms with Crippen molar-refractivity contribution in [1.82, 2.24) is 0 Å². The molecule has 0 aliphatic heterocycles. The molecule has 3 nitrogen and oxygen atoms in total. The summed E-state index contributed by atoms with van der Waals surface area (Å²) in [6.45, 7) is -0.0526. The Balaban J connectivity index is 0.00000169. The first-order valence-corrected chi connectivity index (χ1v) is 6.03. The molecule has 0 N–H and O–H groups in total. The summed E-state index contributed by atoms with van der Waals surface area (Å²) in [5.41, 5.74) is 0.706. The molecule has 1 aromatic rings. The van der Waals surface area contributed by atoms with Crippen molar-refractivity contribution < 1.29 is 42.5 Å². The molecule has 7 heteroatoms. The Labute approximate surface area is 115 Å². The van der Waals surface area contributed by atoms with E-state index in [9.17, 15) is 8.76 Å². The number of hydrogen-bond acceptors (Lipinski definition) is 4. The smallest absolute Gasteiger partial charge is 0.748 e. The molecule has 0 aliphatic rings. The molecule has 1 unspecified atom stereocenters. The molecule has 0 saturated heterocycles. The summed E-state index contributed by atoms with van der Waals surface area (Å²) in [6.07, 6.45) is 0. The molecule has 0 spiro atoms. The molecule has 1 aromatic carbocycles. The Kier molecular flexibility index (Phi) is 6.76. The standard InChI is InChI=1S/C7H7ClO3S2.Na/c8-7-3-1-6(2-4-7)5-11-13(9,10)12;/h1-4H,5H2,(H,9,10,12);/q;+1/p-1. The van der Waals surface area contributed by atoms with Crippen LogP contribution in [-0.4, -0.2) is 8.76 Å². The molecule has 0 amide bonds. The van der Waals surface area contributed by atoms with Gasteiger partial charge in [-0.05, 0) is 28.9 Å². The van der Waals surface area contributed by atoms with Crippen LogP contribution in [0.4, 0.5) is 0 Å². The van der Waals surface area contributed by atoms with Crippen LogP contribution >= 0.6 is 11.6 Å². The molecule has 0 saturated carbocycles. The summed E-state index contributed by atoms with van der Waals surface area (Å²) in [4.78, 5) is 0. The van der Waals surface area contributed by atoms with Crippen molar-refractivity contribution in [2.45, 2.75) is 6.61 Å². The minimum atomic E-state index is -3.78. The van der Waals surface area contributed by atoms with E-state index >= 15 is 0 Å². The van der Waals surface area contributed by atoms with Gasteiger partial charge in [-0.1, -0.05) is 23.7 Å². The maximum atomic E-state index is 10.4. The van der Waals surface area contributed by atoms with Crippen LogP contribution in [0.3, 0.4) is 0 Å². The Hall–Kier alpha value is 0.800. The van der Waals surface area contributed by atoms with Crippen molar-refractivity contribution in [2.75, 3.05) is 0 Å². The van der Waals surface area contributed by atoms with Crippen LogP contribution < -0.4 is 29.6 Å². The minimum Gasteiger partial charge on any atom is -0.748 e. The molecule has 14 heavy (non-hydrogen) atoms. The van der Waals surface area contributed by atoms with Gasteiger partial charge in [0.25, 0.3) is 0 Å². The van der Waals surface area contributed by atoms with Crippen molar-refractivity contribution >= 4 is 31.8 Å². The zero-order valence-corrected chi connectivity index (χ0v) is 11.8. The first kappa shape index (κ1) is 14.8. The van der Waals surface area contributed by atoms with E-state index in [1.54, 1.807) is 24.3 Å². The summed E-state index contributed by atoms with van der Waals surface area (Å²) in [5, 5.41) is 0.588. The Morgan fingerprint density at radius 1 is 1.43 bits per heavy atom. The van der Waals surface area contributed by atoms with E-state index in [2.05, 4.69) is 15.4 Å². The number of halogens is 1. The second kappa shape index (κ2) is 6.40. The third kappa shape index (κ3) is 6.31. The fourth-order valence-electron chi connectivity index (χ4n) is 0.721. The molecular formula is C7H6ClNaO3S2. The number of hydrogen-bond donors (Lipinski definition) is 0. The van der Waals surface area contributed by atoms with Gasteiger partial charge in [0.15, 0.2) is 0 Å². The quantitative estimate of drug-likeness (QED) is 0.631. The van der Waals surface area contributed by atoms with Crippen molar-refractivity contribution in [1.29, 1.82) is 0 Å². The van der Waals surface area contributed by atoms with Crippen LogP contribution in [0.25, 0.3) is 0 Å². The minimum absolute atomic E-state index is 0. The summed E-state index contributed by atoms with van der Waals surface area (Å²) in [5.74, 6) is 0. The van der Waals surface area contributed by atoms with Gasteiger partial charge in [0.05, 0.1) is 15.7 Å². The third-order valence-electron chi connectivity index (χ3n) is 1.28. The molecule has 0 bridgehead atoms. The summed E-state index contributed by atoms with van der Waals surface area (Å²) in [7, 11) is -3.78. The average Bonchev–Trinajstić information content (AvgIpc) is 2.02. The molecule has 1 rings (SSSR count). The second-order valence-corrected chi connectivity index (χ2v) is 5.01. The third-order valence-corrected chi connectivity index (χ3v) is 2.23. The Bertz CT molecular complexity index is 376. The normalized spacial score (nSPS) is 14.1. The van der Waals surface area contributed by atoms with Gasteiger partial charge < -0.3 is 4.55 Å². The monoisotopic (exact) mass is 260 g/mol. The molecule has 0 fully saturated rings. The summed E-state index contributed by atoms with van der Waals surface area (Å²) in [6, 6.07) is 6.64. The van der Waals surface area contributed by atoms with Gasteiger partial charge in [-0.15, -0.1) is 0 Å². The average molecular weight is 261 g/mol. The Morgan fingerprint density at radius 3 is 2.36 bits per heavy atom. The molecule has 1 atom stereocenters. The van der Waals surface area contributed by atoms with Gasteiger partial charge in [0, 0.05) is 5.02 Å². The van der Waals surface area contributed by atoms with Gasteiger partial charge in [0.2, 0.25) is 0 Å². The summed E-state index contributed by atoms with van der Waals surface area (Å²) < 4.78 is 25.3. The van der Waals surface area contributed by atoms with E-state index in [0.29, 0.717) is 10.6 Å². The number of benzene rings is 1. The predicted octanol–water partition coefficient (Wildman–Crippen LogP) is -1.35. The molecule has 0 aliphatic carbocycles. The zero-order valence-electron chi connectivity index (χ0n) is 7.44. The molecule has 72 valence electrons. The Morgan fingerprint density at radius 2 is 1.93 bits per heavy atom. The predicted molar refractivity (Wildman–Crippen MR) is 52.5 cm³/mol. The van der Waals surface area contributed by atoms with Crippen LogP contribution in [-0.2, 0) is 31.0 Å². The largest absolute Gasteiger partial charge is 1.00 e. The molecule has 0 radical (unpaired) electrons. The van der Waals surface area contributed by atoms with Crippen LogP contribution in [0, 0.1) is 0 Å². The SMILES string of the molecule is O=S([O-])(=S)OCc1ccc(Cl)cc1.[Na+]. The molecule has 0 heterocycles. The zero-order chi connectivity index (χ0) is 9.90. The first-order chi connectivity index (χ1) is 5.97. The maximum absolute atomic E-state index is 10.4. The van der Waals surface area contributed by atoms with Crippen LogP contribution in [0.2, 0.25) is 5.02 Å². The van der Waals surface area contributed by atoms with Gasteiger partial charge >= 0.3 is 29.6 Å². The second-order valence-electron chi connectivity index (χ2n) is 2.30. The van der Waals surface area contributed by atoms with Gasteiger partial charge in [-0.3, -0.25) is 4.18 Å². The van der Waals surface area contributed by atoms with E-state index in [1.807, 2.05) is 0 Å². The van der Waals surface area contributed by atoms with E-state index in [1.165, 1.54) is 0 Å². The van der Waals surface area contributed by atoms with E-state index < -0.39 is 9.05 Å². The van der Waals surface area contributed by atoms with Crippen molar-refractivity contribution in [3.05, 3.63) is 34.9 Å². The van der Waals surface area contributed by atoms with E-state index in [0.717, 1.165) is 0 Å². The molecule has 0 aromatic heterocycles. The topological polar surface area (TPSA) is 49.4 Å². The molecular weight excluding hydrogens is 255 g/mol. The van der Waals surface area contributed by atoms with Crippen LogP contribution in [0.15, 0.2) is 24.3 Å². The van der Waals surface area contributed by atoms with Crippen molar-refractivity contribution in [2.24, 2.45) is 0 Å². The van der Waals surface area contributed by atoms with Crippen molar-refractivity contribution in [3.8, 4) is 0 Å². The maximum Gasteiger partial charge on any atom is 1.00 e. The summed E-state index contributed by atoms with van der Waals surface area (Å²) >= 11 is 9.66. The first-order valence-electron chi connectivity index (χ1n) is 3.32. The van der Waals surface area contributed by atoms with Crippen molar-refractivity contribution in [3.63, 3.8) is 0 Å². The fourth-order valence-corrected chi connectivity index (χ4v) is 1.27. The van der Waals surface area contributed by atoms with Crippen LogP contribution in [0.1, 0.15) is 5.56 Å². The van der Waals surface area contributed by atoms with E-state index in [-0.39, 0.29) is 36.2 Å². The van der Waals surface area contributed by atoms with Crippen LogP contribution in [0.5, 0.6) is 0 Å². The van der Waals surface area contributed by atoms with Gasteiger partial charge in [-0.2, -0.15) is 0 Å². The number of rotatable bonds is 3. The van der Waals surface area contributed by atoms with Gasteiger partial charge in [-0.25, -0.2) is 4.21 Å². The van der Waals surface area contributed by atoms with E-state index in [4.69, 9.17) is 11.6 Å². The fraction of sp³-hybridized carbons (Fsp3) is 0.143. The van der Waals surface area contributed by atoms with Gasteiger partial charge in [0.1, 0.15) is 0 Å².